The fourth-order valence-corrected chi connectivity index (χ4v) is 8.49. The number of carbonyl (C=O) groups is 3. The highest BCUT2D eigenvalue weighted by Crippen LogP contribution is 2.21. The average Bonchev–Trinajstić information content (AvgIpc) is 3.28. The monoisotopic (exact) mass is 870 g/mol. The van der Waals surface area contributed by atoms with Gasteiger partial charge in [0, 0.05) is 25.3 Å². The summed E-state index contributed by atoms with van der Waals surface area (Å²) in [7, 11) is 0. The van der Waals surface area contributed by atoms with Gasteiger partial charge in [-0.3, -0.25) is 14.4 Å². The van der Waals surface area contributed by atoms with Crippen molar-refractivity contribution in [3.05, 3.63) is 35.9 Å². The lowest BCUT2D eigenvalue weighted by Gasteiger charge is -2.19. The van der Waals surface area contributed by atoms with Gasteiger partial charge < -0.3 is 19.5 Å². The zero-order valence-corrected chi connectivity index (χ0v) is 41.1. The Bertz CT molecular complexity index is 1090. The standard InChI is InChI=1S/C55H99NO6/c1-5-9-13-24-36-49(34-11-7-3)46-60-53(57)42-30-21-17-15-19-28-40-52(56-45-33-32-44-55(59)62-48-51-38-26-23-27-39-51)41-29-20-16-18-22-31-43-54(58)61-47-50(35-12-8-4)37-25-14-10-6-2/h23,26-27,38-39,49-50,52,56H,5-22,24-25,28-37,40-48H2,1-4H3. The molecule has 1 N–H and O–H groups in total. The van der Waals surface area contributed by atoms with Gasteiger partial charge in [0.05, 0.1) is 13.2 Å². The van der Waals surface area contributed by atoms with Crippen LogP contribution in [0.2, 0.25) is 0 Å². The maximum atomic E-state index is 12.5. The molecule has 0 aliphatic carbocycles. The fourth-order valence-electron chi connectivity index (χ4n) is 8.49. The van der Waals surface area contributed by atoms with Crippen LogP contribution in [-0.2, 0) is 35.2 Å². The van der Waals surface area contributed by atoms with Crippen molar-refractivity contribution in [2.24, 2.45) is 11.8 Å². The van der Waals surface area contributed by atoms with Gasteiger partial charge in [0.2, 0.25) is 0 Å². The number of esters is 3. The summed E-state index contributed by atoms with van der Waals surface area (Å²) in [5.74, 6) is 0.923. The first-order valence-electron chi connectivity index (χ1n) is 26.7. The Morgan fingerprint density at radius 2 is 0.790 bits per heavy atom. The van der Waals surface area contributed by atoms with Gasteiger partial charge >= 0.3 is 17.9 Å². The highest BCUT2D eigenvalue weighted by molar-refractivity contribution is 5.70. The van der Waals surface area contributed by atoms with E-state index in [4.69, 9.17) is 14.2 Å². The quantitative estimate of drug-likeness (QED) is 0.0396. The number of ether oxygens (including phenoxy) is 3. The van der Waals surface area contributed by atoms with Crippen molar-refractivity contribution < 1.29 is 28.6 Å². The van der Waals surface area contributed by atoms with Gasteiger partial charge in [0.25, 0.3) is 0 Å². The summed E-state index contributed by atoms with van der Waals surface area (Å²) in [4.78, 5) is 37.3. The van der Waals surface area contributed by atoms with Gasteiger partial charge in [0.1, 0.15) is 6.61 Å². The van der Waals surface area contributed by atoms with Crippen molar-refractivity contribution in [3.63, 3.8) is 0 Å². The number of rotatable bonds is 46. The third kappa shape index (κ3) is 37.0. The largest absolute Gasteiger partial charge is 0.465 e. The van der Waals surface area contributed by atoms with Crippen molar-refractivity contribution in [1.82, 2.24) is 5.32 Å². The normalized spacial score (nSPS) is 12.8. The SMILES string of the molecule is CCCCCCC(CCCC)COC(=O)CCCCCCCCC(CCCCCCCCC(=O)OCC(CCCC)CCCCCC)NCCCCC(=O)OCc1ccccc1. The van der Waals surface area contributed by atoms with E-state index in [1.54, 1.807) is 0 Å². The molecule has 0 aromatic heterocycles. The van der Waals surface area contributed by atoms with E-state index in [0.717, 1.165) is 50.6 Å². The zero-order chi connectivity index (χ0) is 45.0. The van der Waals surface area contributed by atoms with Crippen molar-refractivity contribution in [2.75, 3.05) is 19.8 Å². The lowest BCUT2D eigenvalue weighted by atomic mass is 9.96. The molecule has 0 saturated carbocycles. The van der Waals surface area contributed by atoms with Crippen LogP contribution in [0, 0.1) is 11.8 Å². The van der Waals surface area contributed by atoms with E-state index in [0.29, 0.717) is 57.0 Å². The van der Waals surface area contributed by atoms with E-state index in [2.05, 4.69) is 33.0 Å². The van der Waals surface area contributed by atoms with Gasteiger partial charge in [-0.25, -0.2) is 0 Å². The van der Waals surface area contributed by atoms with Crippen LogP contribution in [0.5, 0.6) is 0 Å². The molecule has 62 heavy (non-hydrogen) atoms. The summed E-state index contributed by atoms with van der Waals surface area (Å²) < 4.78 is 17.0. The minimum Gasteiger partial charge on any atom is -0.465 e. The minimum atomic E-state index is -0.118. The molecule has 0 fully saturated rings. The molecular formula is C55H99NO6. The summed E-state index contributed by atoms with van der Waals surface area (Å²) in [6, 6.07) is 10.4. The number of hydrogen-bond donors (Lipinski definition) is 1. The number of carbonyl (C=O) groups excluding carboxylic acids is 3. The molecule has 1 aromatic rings. The molecule has 2 unspecified atom stereocenters. The number of benzene rings is 1. The van der Waals surface area contributed by atoms with Crippen LogP contribution in [0.1, 0.15) is 258 Å². The highest BCUT2D eigenvalue weighted by Gasteiger charge is 2.14. The molecular weight excluding hydrogens is 771 g/mol. The van der Waals surface area contributed by atoms with Gasteiger partial charge in [-0.15, -0.1) is 0 Å². The molecule has 0 spiro atoms. The minimum absolute atomic E-state index is 0.00684. The summed E-state index contributed by atoms with van der Waals surface area (Å²) in [6.45, 7) is 11.5. The Balaban J connectivity index is 2.33. The third-order valence-corrected chi connectivity index (χ3v) is 12.7. The maximum absolute atomic E-state index is 12.5. The Morgan fingerprint density at radius 1 is 0.419 bits per heavy atom. The third-order valence-electron chi connectivity index (χ3n) is 12.7. The fraction of sp³-hybridized carbons (Fsp3) is 0.836. The Morgan fingerprint density at radius 3 is 1.26 bits per heavy atom. The first-order valence-corrected chi connectivity index (χ1v) is 26.7. The van der Waals surface area contributed by atoms with Gasteiger partial charge in [-0.1, -0.05) is 199 Å². The first kappa shape index (κ1) is 57.6. The number of unbranched alkanes of at least 4 members (excludes halogenated alkanes) is 19. The van der Waals surface area contributed by atoms with Crippen LogP contribution in [0.25, 0.3) is 0 Å². The van der Waals surface area contributed by atoms with Crippen LogP contribution in [0.4, 0.5) is 0 Å². The van der Waals surface area contributed by atoms with Crippen LogP contribution in [-0.4, -0.2) is 43.7 Å². The second kappa shape index (κ2) is 43.8. The molecule has 0 radical (unpaired) electrons. The summed E-state index contributed by atoms with van der Waals surface area (Å²) in [6.07, 6.45) is 39.3. The van der Waals surface area contributed by atoms with Crippen molar-refractivity contribution >= 4 is 17.9 Å². The van der Waals surface area contributed by atoms with Crippen molar-refractivity contribution in [2.45, 2.75) is 265 Å². The Hall–Kier alpha value is -2.41. The lowest BCUT2D eigenvalue weighted by Crippen LogP contribution is -2.30. The second-order valence-electron chi connectivity index (χ2n) is 18.7. The summed E-state index contributed by atoms with van der Waals surface area (Å²) in [5, 5.41) is 3.84. The number of nitrogens with one attached hydrogen (secondary N) is 1. The van der Waals surface area contributed by atoms with Gasteiger partial charge in [0.15, 0.2) is 0 Å². The van der Waals surface area contributed by atoms with E-state index < -0.39 is 0 Å². The van der Waals surface area contributed by atoms with E-state index >= 15 is 0 Å². The lowest BCUT2D eigenvalue weighted by molar-refractivity contribution is -0.146. The maximum Gasteiger partial charge on any atom is 0.306 e. The smallest absolute Gasteiger partial charge is 0.306 e. The molecule has 0 aliphatic rings. The number of hydrogen-bond acceptors (Lipinski definition) is 7. The van der Waals surface area contributed by atoms with Crippen LogP contribution in [0.15, 0.2) is 30.3 Å². The van der Waals surface area contributed by atoms with E-state index in [9.17, 15) is 14.4 Å². The Kier molecular flexibility index (Phi) is 40.7. The molecule has 0 saturated heterocycles. The predicted molar refractivity (Wildman–Crippen MR) is 261 cm³/mol. The van der Waals surface area contributed by atoms with Crippen molar-refractivity contribution in [1.29, 1.82) is 0 Å². The summed E-state index contributed by atoms with van der Waals surface area (Å²) >= 11 is 0. The average molecular weight is 870 g/mol. The Labute approximate surface area is 383 Å². The molecule has 0 bridgehead atoms. The molecule has 0 heterocycles. The highest BCUT2D eigenvalue weighted by atomic mass is 16.5. The van der Waals surface area contributed by atoms with Crippen LogP contribution < -0.4 is 5.32 Å². The zero-order valence-electron chi connectivity index (χ0n) is 41.1. The predicted octanol–water partition coefficient (Wildman–Crippen LogP) is 15.7. The molecule has 0 amide bonds. The van der Waals surface area contributed by atoms with Crippen LogP contribution >= 0.6 is 0 Å². The molecule has 7 heteroatoms. The summed E-state index contributed by atoms with van der Waals surface area (Å²) in [5.41, 5.74) is 1.02. The van der Waals surface area contributed by atoms with Gasteiger partial charge in [-0.05, 0) is 88.2 Å². The molecule has 7 nitrogen and oxygen atoms in total. The van der Waals surface area contributed by atoms with Crippen molar-refractivity contribution in [3.8, 4) is 0 Å². The van der Waals surface area contributed by atoms with Gasteiger partial charge in [-0.2, -0.15) is 0 Å². The van der Waals surface area contributed by atoms with E-state index in [-0.39, 0.29) is 17.9 Å². The van der Waals surface area contributed by atoms with E-state index in [1.165, 1.54) is 167 Å². The topological polar surface area (TPSA) is 90.9 Å². The van der Waals surface area contributed by atoms with E-state index in [1.807, 2.05) is 30.3 Å². The second-order valence-corrected chi connectivity index (χ2v) is 18.7. The molecule has 2 atom stereocenters. The molecule has 1 aromatic carbocycles. The van der Waals surface area contributed by atoms with Crippen LogP contribution in [0.3, 0.4) is 0 Å². The molecule has 1 rings (SSSR count). The molecule has 360 valence electrons. The molecule has 0 aliphatic heterocycles. The first-order chi connectivity index (χ1) is 30.4.